The normalized spacial score (nSPS) is 33.1. The van der Waals surface area contributed by atoms with Gasteiger partial charge in [0.2, 0.25) is 11.8 Å². The van der Waals surface area contributed by atoms with Crippen molar-refractivity contribution in [1.82, 2.24) is 15.5 Å². The fraction of sp³-hybridized carbons (Fsp3) is 0.680. The molecule has 31 heavy (non-hydrogen) atoms. The SMILES string of the molecule is O=C(CNC(=O)C12CC3CC(CC(C3)C1)C2)NC(CN1CCOCC1)c1ccccc1. The number of hydrogen-bond acceptors (Lipinski definition) is 4. The second-order valence-corrected chi connectivity index (χ2v) is 10.3. The second-order valence-electron chi connectivity index (χ2n) is 10.3. The molecule has 1 heterocycles. The third-order valence-corrected chi connectivity index (χ3v) is 8.01. The fourth-order valence-electron chi connectivity index (χ4n) is 6.94. The van der Waals surface area contributed by atoms with Gasteiger partial charge in [0.25, 0.3) is 0 Å². The third kappa shape index (κ3) is 4.65. The summed E-state index contributed by atoms with van der Waals surface area (Å²) in [7, 11) is 0. The predicted octanol–water partition coefficient (Wildman–Crippen LogP) is 2.51. The van der Waals surface area contributed by atoms with Crippen molar-refractivity contribution in [2.45, 2.75) is 44.6 Å². The molecule has 4 aliphatic carbocycles. The molecule has 0 aromatic heterocycles. The lowest BCUT2D eigenvalue weighted by atomic mass is 9.49. The Balaban J connectivity index is 1.18. The van der Waals surface area contributed by atoms with E-state index >= 15 is 0 Å². The van der Waals surface area contributed by atoms with Gasteiger partial charge in [-0.25, -0.2) is 0 Å². The Labute approximate surface area is 185 Å². The first-order valence-electron chi connectivity index (χ1n) is 12.0. The summed E-state index contributed by atoms with van der Waals surface area (Å²) >= 11 is 0. The number of nitrogens with one attached hydrogen (secondary N) is 2. The highest BCUT2D eigenvalue weighted by atomic mass is 16.5. The van der Waals surface area contributed by atoms with Crippen LogP contribution in [-0.4, -0.2) is 56.1 Å². The molecule has 1 aromatic rings. The lowest BCUT2D eigenvalue weighted by molar-refractivity contribution is -0.147. The number of carbonyl (C=O) groups excluding carboxylic acids is 2. The van der Waals surface area contributed by atoms with Crippen molar-refractivity contribution in [3.63, 3.8) is 0 Å². The first kappa shape index (κ1) is 21.0. The number of amides is 2. The summed E-state index contributed by atoms with van der Waals surface area (Å²) in [4.78, 5) is 28.3. The Kier molecular flexibility index (Phi) is 6.02. The fourth-order valence-corrected chi connectivity index (χ4v) is 6.94. The van der Waals surface area contributed by atoms with Crippen LogP contribution >= 0.6 is 0 Å². The summed E-state index contributed by atoms with van der Waals surface area (Å²) in [6.45, 7) is 4.03. The van der Waals surface area contributed by atoms with Crippen LogP contribution in [0.3, 0.4) is 0 Å². The zero-order valence-electron chi connectivity index (χ0n) is 18.4. The number of rotatable bonds is 7. The highest BCUT2D eigenvalue weighted by molar-refractivity contribution is 5.88. The maximum atomic E-state index is 13.2. The quantitative estimate of drug-likeness (QED) is 0.704. The van der Waals surface area contributed by atoms with Crippen molar-refractivity contribution in [2.75, 3.05) is 39.4 Å². The van der Waals surface area contributed by atoms with Crippen LogP contribution in [0.5, 0.6) is 0 Å². The highest BCUT2D eigenvalue weighted by Gasteiger charge is 2.54. The van der Waals surface area contributed by atoms with Crippen LogP contribution in [0.25, 0.3) is 0 Å². The molecule has 6 rings (SSSR count). The molecular formula is C25H35N3O3. The van der Waals surface area contributed by atoms with Crippen LogP contribution in [-0.2, 0) is 14.3 Å². The van der Waals surface area contributed by atoms with Gasteiger partial charge in [-0.3, -0.25) is 14.5 Å². The molecule has 4 saturated carbocycles. The Morgan fingerprint density at radius 1 is 1.00 bits per heavy atom. The molecule has 1 atom stereocenters. The van der Waals surface area contributed by atoms with Gasteiger partial charge in [-0.1, -0.05) is 30.3 Å². The molecule has 2 amide bonds. The van der Waals surface area contributed by atoms with Gasteiger partial charge < -0.3 is 15.4 Å². The van der Waals surface area contributed by atoms with Crippen molar-refractivity contribution >= 4 is 11.8 Å². The van der Waals surface area contributed by atoms with Crippen molar-refractivity contribution in [3.05, 3.63) is 35.9 Å². The zero-order valence-corrected chi connectivity index (χ0v) is 18.4. The largest absolute Gasteiger partial charge is 0.379 e. The number of hydrogen-bond donors (Lipinski definition) is 2. The van der Waals surface area contributed by atoms with Gasteiger partial charge in [0.1, 0.15) is 0 Å². The Morgan fingerprint density at radius 2 is 1.61 bits per heavy atom. The highest BCUT2D eigenvalue weighted by Crippen LogP contribution is 2.60. The van der Waals surface area contributed by atoms with E-state index in [0.29, 0.717) is 0 Å². The van der Waals surface area contributed by atoms with Gasteiger partial charge in [-0.2, -0.15) is 0 Å². The van der Waals surface area contributed by atoms with Crippen molar-refractivity contribution in [3.8, 4) is 0 Å². The van der Waals surface area contributed by atoms with Gasteiger partial charge in [-0.05, 0) is 61.8 Å². The van der Waals surface area contributed by atoms with Crippen LogP contribution in [0.15, 0.2) is 30.3 Å². The van der Waals surface area contributed by atoms with Crippen LogP contribution in [0, 0.1) is 23.2 Å². The molecular weight excluding hydrogens is 390 g/mol. The van der Waals surface area contributed by atoms with Crippen molar-refractivity contribution < 1.29 is 14.3 Å². The summed E-state index contributed by atoms with van der Waals surface area (Å²) in [5, 5.41) is 6.19. The predicted molar refractivity (Wildman–Crippen MR) is 118 cm³/mol. The molecule has 6 heteroatoms. The second kappa shape index (κ2) is 8.91. The van der Waals surface area contributed by atoms with E-state index < -0.39 is 0 Å². The molecule has 6 nitrogen and oxygen atoms in total. The van der Waals surface area contributed by atoms with Crippen LogP contribution < -0.4 is 10.6 Å². The van der Waals surface area contributed by atoms with E-state index in [1.165, 1.54) is 19.3 Å². The van der Waals surface area contributed by atoms with E-state index in [4.69, 9.17) is 4.74 Å². The van der Waals surface area contributed by atoms with Crippen molar-refractivity contribution in [1.29, 1.82) is 0 Å². The smallest absolute Gasteiger partial charge is 0.239 e. The van der Waals surface area contributed by atoms with E-state index in [1.54, 1.807) is 0 Å². The standard InChI is InChI=1S/C25H35N3O3/c29-23(16-26-24(30)25-13-18-10-19(14-25)12-20(11-18)15-25)27-22(21-4-2-1-3-5-21)17-28-6-8-31-9-7-28/h1-5,18-20,22H,6-17H2,(H,26,30)(H,27,29). The zero-order chi connectivity index (χ0) is 21.3. The first-order chi connectivity index (χ1) is 15.1. The lowest BCUT2D eigenvalue weighted by Gasteiger charge is -2.55. The van der Waals surface area contributed by atoms with Gasteiger partial charge in [0.15, 0.2) is 0 Å². The summed E-state index contributed by atoms with van der Waals surface area (Å²) in [5.74, 6) is 2.18. The van der Waals surface area contributed by atoms with Gasteiger partial charge in [-0.15, -0.1) is 0 Å². The van der Waals surface area contributed by atoms with E-state index in [0.717, 1.165) is 75.4 Å². The molecule has 0 radical (unpaired) electrons. The molecule has 1 unspecified atom stereocenters. The summed E-state index contributed by atoms with van der Waals surface area (Å²) in [6.07, 6.45) is 7.01. The van der Waals surface area contributed by atoms with Crippen LogP contribution in [0.4, 0.5) is 0 Å². The number of ether oxygens (including phenoxy) is 1. The van der Waals surface area contributed by atoms with Gasteiger partial charge >= 0.3 is 0 Å². The number of nitrogens with zero attached hydrogens (tertiary/aromatic N) is 1. The van der Waals surface area contributed by atoms with Gasteiger partial charge in [0.05, 0.1) is 25.8 Å². The maximum Gasteiger partial charge on any atom is 0.239 e. The van der Waals surface area contributed by atoms with E-state index in [9.17, 15) is 9.59 Å². The molecule has 5 aliphatic rings. The number of morpholine rings is 1. The number of benzene rings is 1. The summed E-state index contributed by atoms with van der Waals surface area (Å²) in [5.41, 5.74) is 0.886. The molecule has 5 fully saturated rings. The number of carbonyl (C=O) groups is 2. The minimum atomic E-state index is -0.207. The molecule has 168 valence electrons. The Hall–Kier alpha value is -1.92. The minimum Gasteiger partial charge on any atom is -0.379 e. The molecule has 1 aliphatic heterocycles. The third-order valence-electron chi connectivity index (χ3n) is 8.01. The Bertz CT molecular complexity index is 755. The van der Waals surface area contributed by atoms with E-state index in [2.05, 4.69) is 27.7 Å². The van der Waals surface area contributed by atoms with E-state index in [-0.39, 0.29) is 29.8 Å². The lowest BCUT2D eigenvalue weighted by Crippen LogP contribution is -2.54. The molecule has 2 N–H and O–H groups in total. The van der Waals surface area contributed by atoms with Crippen LogP contribution in [0.1, 0.15) is 50.1 Å². The van der Waals surface area contributed by atoms with Crippen molar-refractivity contribution in [2.24, 2.45) is 23.2 Å². The Morgan fingerprint density at radius 3 is 2.23 bits per heavy atom. The van der Waals surface area contributed by atoms with Gasteiger partial charge in [0, 0.05) is 25.0 Å². The summed E-state index contributed by atoms with van der Waals surface area (Å²) in [6, 6.07) is 10.0. The first-order valence-corrected chi connectivity index (χ1v) is 12.0. The average molecular weight is 426 g/mol. The van der Waals surface area contributed by atoms with E-state index in [1.807, 2.05) is 18.2 Å². The minimum absolute atomic E-state index is 0.0625. The summed E-state index contributed by atoms with van der Waals surface area (Å²) < 4.78 is 5.46. The monoisotopic (exact) mass is 425 g/mol. The molecule has 4 bridgehead atoms. The topological polar surface area (TPSA) is 70.7 Å². The molecule has 1 aromatic carbocycles. The molecule has 1 saturated heterocycles. The maximum absolute atomic E-state index is 13.2. The van der Waals surface area contributed by atoms with Crippen LogP contribution in [0.2, 0.25) is 0 Å². The molecule has 0 spiro atoms. The average Bonchev–Trinajstić information content (AvgIpc) is 2.77.